The molecule has 3 aromatic rings. The largest absolute Gasteiger partial charge is 0.378 e. The molecule has 3 heterocycles. The number of halogens is 1. The average Bonchev–Trinajstić information content (AvgIpc) is 3.14. The molecule has 130 valence electrons. The number of ether oxygens (including phenoxy) is 1. The molecule has 1 fully saturated rings. The van der Waals surface area contributed by atoms with Crippen LogP contribution in [-0.2, 0) is 11.3 Å². The Morgan fingerprint density at radius 1 is 1.24 bits per heavy atom. The van der Waals surface area contributed by atoms with Crippen molar-refractivity contribution in [2.75, 3.05) is 26.3 Å². The van der Waals surface area contributed by atoms with Gasteiger partial charge in [0.25, 0.3) is 5.91 Å². The minimum absolute atomic E-state index is 0.0939. The molecule has 0 atom stereocenters. The van der Waals surface area contributed by atoms with Crippen molar-refractivity contribution in [2.24, 2.45) is 0 Å². The van der Waals surface area contributed by atoms with Crippen molar-refractivity contribution in [1.29, 1.82) is 0 Å². The van der Waals surface area contributed by atoms with Crippen LogP contribution in [0.15, 0.2) is 40.2 Å². The molecule has 0 aliphatic carbocycles. The first kappa shape index (κ1) is 16.8. The lowest BCUT2D eigenvalue weighted by molar-refractivity contribution is 0.0296. The summed E-state index contributed by atoms with van der Waals surface area (Å²) >= 11 is 5.24. The number of amides is 1. The Morgan fingerprint density at radius 3 is 2.76 bits per heavy atom. The molecule has 4 nitrogen and oxygen atoms in total. The molecule has 1 amide bonds. The highest BCUT2D eigenvalue weighted by atomic mass is 79.9. The van der Waals surface area contributed by atoms with E-state index in [1.807, 2.05) is 17.0 Å². The number of fused-ring (bicyclic) bond motifs is 1. The lowest BCUT2D eigenvalue weighted by Gasteiger charge is -2.27. The summed E-state index contributed by atoms with van der Waals surface area (Å²) in [5, 5.41) is 0. The molecular weight excluding hydrogens is 400 g/mol. The van der Waals surface area contributed by atoms with Gasteiger partial charge in [-0.25, -0.2) is 0 Å². The summed E-state index contributed by atoms with van der Waals surface area (Å²) in [5.41, 5.74) is 4.34. The molecule has 0 bridgehead atoms. The third-order valence-corrected chi connectivity index (χ3v) is 6.24. The first-order chi connectivity index (χ1) is 12.1. The Labute approximate surface area is 159 Å². The molecule has 2 aromatic heterocycles. The summed E-state index contributed by atoms with van der Waals surface area (Å²) in [6.45, 7) is 5.36. The minimum atomic E-state index is 0.0939. The molecule has 25 heavy (non-hydrogen) atoms. The zero-order chi connectivity index (χ0) is 17.4. The van der Waals surface area contributed by atoms with Gasteiger partial charge >= 0.3 is 0 Å². The normalized spacial score (nSPS) is 15.0. The minimum Gasteiger partial charge on any atom is -0.378 e. The van der Waals surface area contributed by atoms with Gasteiger partial charge in [-0.05, 0) is 46.1 Å². The van der Waals surface area contributed by atoms with Crippen molar-refractivity contribution in [2.45, 2.75) is 13.5 Å². The molecule has 0 radical (unpaired) electrons. The Balaban J connectivity index is 1.77. The van der Waals surface area contributed by atoms with Gasteiger partial charge in [-0.3, -0.25) is 4.79 Å². The second kappa shape index (κ2) is 6.94. The van der Waals surface area contributed by atoms with Crippen LogP contribution >= 0.6 is 27.3 Å². The number of carbonyl (C=O) groups is 1. The maximum atomic E-state index is 13.1. The van der Waals surface area contributed by atoms with Crippen LogP contribution in [0.3, 0.4) is 0 Å². The number of aryl methyl sites for hydroxylation is 1. The van der Waals surface area contributed by atoms with Gasteiger partial charge in [0, 0.05) is 19.6 Å². The van der Waals surface area contributed by atoms with Crippen LogP contribution in [0.4, 0.5) is 0 Å². The number of carbonyl (C=O) groups excluding carboxylic acids is 1. The van der Waals surface area contributed by atoms with E-state index in [9.17, 15) is 4.79 Å². The first-order valence-corrected chi connectivity index (χ1v) is 9.94. The fraction of sp³-hybridized carbons (Fsp3) is 0.316. The van der Waals surface area contributed by atoms with Gasteiger partial charge < -0.3 is 14.2 Å². The van der Waals surface area contributed by atoms with Crippen LogP contribution in [-0.4, -0.2) is 41.7 Å². The highest BCUT2D eigenvalue weighted by Crippen LogP contribution is 2.33. The maximum Gasteiger partial charge on any atom is 0.270 e. The first-order valence-electron chi connectivity index (χ1n) is 8.33. The molecule has 1 aliphatic rings. The van der Waals surface area contributed by atoms with E-state index in [1.54, 1.807) is 11.3 Å². The van der Waals surface area contributed by atoms with Crippen molar-refractivity contribution < 1.29 is 9.53 Å². The van der Waals surface area contributed by atoms with Gasteiger partial charge in [0.1, 0.15) is 5.69 Å². The third-order valence-electron chi connectivity index (χ3n) is 4.67. The van der Waals surface area contributed by atoms with E-state index in [1.165, 1.54) is 11.1 Å². The van der Waals surface area contributed by atoms with Crippen LogP contribution in [0.25, 0.3) is 10.2 Å². The van der Waals surface area contributed by atoms with Crippen molar-refractivity contribution in [3.63, 3.8) is 0 Å². The number of thiophene rings is 1. The summed E-state index contributed by atoms with van der Waals surface area (Å²) in [6.07, 6.45) is 0. The number of aromatic nitrogens is 1. The van der Waals surface area contributed by atoms with E-state index in [0.29, 0.717) is 32.8 Å². The van der Waals surface area contributed by atoms with Crippen LogP contribution in [0.5, 0.6) is 0 Å². The summed E-state index contributed by atoms with van der Waals surface area (Å²) in [7, 11) is 0. The maximum absolute atomic E-state index is 13.1. The lowest BCUT2D eigenvalue weighted by Crippen LogP contribution is -2.41. The number of nitrogens with zero attached hydrogens (tertiary/aromatic N) is 2. The van der Waals surface area contributed by atoms with Gasteiger partial charge in [-0.15, -0.1) is 11.3 Å². The van der Waals surface area contributed by atoms with Crippen molar-refractivity contribution in [3.8, 4) is 0 Å². The van der Waals surface area contributed by atoms with Gasteiger partial charge in [0.15, 0.2) is 0 Å². The van der Waals surface area contributed by atoms with Crippen LogP contribution < -0.4 is 0 Å². The highest BCUT2D eigenvalue weighted by Gasteiger charge is 2.24. The van der Waals surface area contributed by atoms with Gasteiger partial charge in [0.2, 0.25) is 0 Å². The number of hydrogen-bond acceptors (Lipinski definition) is 3. The Morgan fingerprint density at radius 2 is 2.00 bits per heavy atom. The fourth-order valence-corrected chi connectivity index (χ4v) is 4.81. The van der Waals surface area contributed by atoms with E-state index in [4.69, 9.17) is 4.74 Å². The third kappa shape index (κ3) is 3.26. The molecule has 0 spiro atoms. The number of morpholine rings is 1. The predicted molar refractivity (Wildman–Crippen MR) is 105 cm³/mol. The van der Waals surface area contributed by atoms with E-state index in [-0.39, 0.29) is 5.91 Å². The molecule has 0 unspecified atom stereocenters. The van der Waals surface area contributed by atoms with Crippen LogP contribution in [0, 0.1) is 6.92 Å². The van der Waals surface area contributed by atoms with E-state index < -0.39 is 0 Å². The Kier molecular flexibility index (Phi) is 4.67. The second-order valence-corrected chi connectivity index (χ2v) is 8.71. The van der Waals surface area contributed by atoms with Crippen LogP contribution in [0.2, 0.25) is 0 Å². The molecule has 1 saturated heterocycles. The number of benzene rings is 1. The zero-order valence-electron chi connectivity index (χ0n) is 14.0. The van der Waals surface area contributed by atoms with Gasteiger partial charge in [-0.2, -0.15) is 0 Å². The smallest absolute Gasteiger partial charge is 0.270 e. The SMILES string of the molecule is Cc1ccccc1Cn1c(C(=O)N2CCOCC2)cc2sc(Br)cc21. The molecule has 0 saturated carbocycles. The van der Waals surface area contributed by atoms with Crippen molar-refractivity contribution in [3.05, 3.63) is 57.0 Å². The quantitative estimate of drug-likeness (QED) is 0.635. The molecule has 0 N–H and O–H groups in total. The topological polar surface area (TPSA) is 34.5 Å². The highest BCUT2D eigenvalue weighted by molar-refractivity contribution is 9.11. The van der Waals surface area contributed by atoms with Crippen molar-refractivity contribution in [1.82, 2.24) is 9.47 Å². The Hall–Kier alpha value is -1.63. The summed E-state index contributed by atoms with van der Waals surface area (Å²) in [6, 6.07) is 12.5. The van der Waals surface area contributed by atoms with Crippen molar-refractivity contribution >= 4 is 43.4 Å². The lowest BCUT2D eigenvalue weighted by atomic mass is 10.1. The number of hydrogen-bond donors (Lipinski definition) is 0. The Bertz CT molecular complexity index is 925. The standard InChI is InChI=1S/C19H19BrN2O2S/c1-13-4-2-3-5-14(13)12-22-15-11-18(20)25-17(15)10-16(22)19(23)21-6-8-24-9-7-21/h2-5,10-11H,6-9,12H2,1H3. The van der Waals surface area contributed by atoms with E-state index >= 15 is 0 Å². The summed E-state index contributed by atoms with van der Waals surface area (Å²) in [5.74, 6) is 0.0939. The molecule has 6 heteroatoms. The zero-order valence-corrected chi connectivity index (χ0v) is 16.4. The molecule has 4 rings (SSSR count). The van der Waals surface area contributed by atoms with E-state index in [0.717, 1.165) is 19.7 Å². The van der Waals surface area contributed by atoms with Gasteiger partial charge in [0.05, 0.1) is 27.2 Å². The predicted octanol–water partition coefficient (Wildman–Crippen LogP) is 4.29. The molecule has 1 aliphatic heterocycles. The van der Waals surface area contributed by atoms with Gasteiger partial charge in [-0.1, -0.05) is 24.3 Å². The average molecular weight is 419 g/mol. The molecule has 1 aromatic carbocycles. The number of rotatable bonds is 3. The summed E-state index contributed by atoms with van der Waals surface area (Å²) in [4.78, 5) is 15.0. The van der Waals surface area contributed by atoms with E-state index in [2.05, 4.69) is 51.7 Å². The van der Waals surface area contributed by atoms with Crippen LogP contribution in [0.1, 0.15) is 21.6 Å². The molecular formula is C19H19BrN2O2S. The monoisotopic (exact) mass is 418 g/mol. The summed E-state index contributed by atoms with van der Waals surface area (Å²) < 4.78 is 9.75. The second-order valence-electron chi connectivity index (χ2n) is 6.25. The fourth-order valence-electron chi connectivity index (χ4n) is 3.25.